The number of carbonyl (C=O) groups excluding carboxylic acids is 1. The minimum Gasteiger partial charge on any atom is -0.346 e. The third-order valence-electron chi connectivity index (χ3n) is 3.16. The van der Waals surface area contributed by atoms with E-state index in [2.05, 4.69) is 10.4 Å². The van der Waals surface area contributed by atoms with Gasteiger partial charge in [-0.15, -0.1) is 0 Å². The Bertz CT molecular complexity index is 614. The van der Waals surface area contributed by atoms with E-state index in [1.54, 1.807) is 4.68 Å². The Hall–Kier alpha value is -2.10. The number of nitrogens with one attached hydrogen (secondary N) is 1. The van der Waals surface area contributed by atoms with E-state index < -0.39 is 0 Å². The molecule has 1 aromatic heterocycles. The second-order valence-electron chi connectivity index (χ2n) is 4.90. The van der Waals surface area contributed by atoms with Crippen LogP contribution < -0.4 is 5.32 Å². The van der Waals surface area contributed by atoms with Crippen LogP contribution in [0.15, 0.2) is 24.3 Å². The summed E-state index contributed by atoms with van der Waals surface area (Å²) in [5, 5.41) is 7.19. The van der Waals surface area contributed by atoms with Crippen molar-refractivity contribution in [3.63, 3.8) is 0 Å². The molecule has 0 aliphatic carbocycles. The fourth-order valence-electron chi connectivity index (χ4n) is 2.16. The smallest absolute Gasteiger partial charge is 0.251 e. The second-order valence-corrected chi connectivity index (χ2v) is 4.90. The van der Waals surface area contributed by atoms with Gasteiger partial charge in [-0.1, -0.05) is 17.7 Å². The standard InChI is InChI=1S/C15H19N3O/c1-10-5-6-14(11(2)7-10)15(19)16-9-13-8-12(3)17-18(13)4/h5-8H,9H2,1-4H3,(H,16,19). The van der Waals surface area contributed by atoms with Crippen molar-refractivity contribution >= 4 is 5.91 Å². The highest BCUT2D eigenvalue weighted by Gasteiger charge is 2.10. The van der Waals surface area contributed by atoms with Crippen molar-refractivity contribution < 1.29 is 4.79 Å². The molecule has 0 atom stereocenters. The molecule has 19 heavy (non-hydrogen) atoms. The first-order valence-corrected chi connectivity index (χ1v) is 6.32. The van der Waals surface area contributed by atoms with Crippen LogP contribution >= 0.6 is 0 Å². The van der Waals surface area contributed by atoms with Crippen LogP contribution in [0.1, 0.15) is 32.9 Å². The fraction of sp³-hybridized carbons (Fsp3) is 0.333. The van der Waals surface area contributed by atoms with Crippen LogP contribution in [0.3, 0.4) is 0 Å². The topological polar surface area (TPSA) is 46.9 Å². The van der Waals surface area contributed by atoms with Gasteiger partial charge in [0.2, 0.25) is 0 Å². The lowest BCUT2D eigenvalue weighted by Gasteiger charge is -2.08. The zero-order valence-electron chi connectivity index (χ0n) is 11.8. The van der Waals surface area contributed by atoms with Gasteiger partial charge in [-0.3, -0.25) is 9.48 Å². The van der Waals surface area contributed by atoms with E-state index in [0.29, 0.717) is 6.54 Å². The van der Waals surface area contributed by atoms with Gasteiger partial charge < -0.3 is 5.32 Å². The van der Waals surface area contributed by atoms with Crippen LogP contribution in [0.25, 0.3) is 0 Å². The van der Waals surface area contributed by atoms with Gasteiger partial charge in [0.25, 0.3) is 5.91 Å². The summed E-state index contributed by atoms with van der Waals surface area (Å²) < 4.78 is 1.79. The first-order valence-electron chi connectivity index (χ1n) is 6.32. The van der Waals surface area contributed by atoms with Crippen molar-refractivity contribution in [2.45, 2.75) is 27.3 Å². The Kier molecular flexibility index (Phi) is 3.69. The molecule has 0 spiro atoms. The third kappa shape index (κ3) is 3.02. The summed E-state index contributed by atoms with van der Waals surface area (Å²) >= 11 is 0. The Balaban J connectivity index is 2.07. The molecule has 100 valence electrons. The van der Waals surface area contributed by atoms with Gasteiger partial charge in [0.1, 0.15) is 0 Å². The molecule has 0 radical (unpaired) electrons. The van der Waals surface area contributed by atoms with E-state index in [-0.39, 0.29) is 5.91 Å². The quantitative estimate of drug-likeness (QED) is 0.917. The zero-order chi connectivity index (χ0) is 14.0. The van der Waals surface area contributed by atoms with Crippen molar-refractivity contribution in [1.29, 1.82) is 0 Å². The van der Waals surface area contributed by atoms with Crippen molar-refractivity contribution in [3.8, 4) is 0 Å². The highest BCUT2D eigenvalue weighted by molar-refractivity contribution is 5.95. The van der Waals surface area contributed by atoms with Crippen LogP contribution in [0.5, 0.6) is 0 Å². The molecule has 2 rings (SSSR count). The van der Waals surface area contributed by atoms with Crippen molar-refractivity contribution in [2.24, 2.45) is 7.05 Å². The average molecular weight is 257 g/mol. The van der Waals surface area contributed by atoms with Gasteiger partial charge in [-0.25, -0.2) is 0 Å². The summed E-state index contributed by atoms with van der Waals surface area (Å²) in [7, 11) is 1.88. The number of amides is 1. The zero-order valence-corrected chi connectivity index (χ0v) is 11.8. The molecule has 1 amide bonds. The number of nitrogens with zero attached hydrogens (tertiary/aromatic N) is 2. The Morgan fingerprint density at radius 3 is 2.58 bits per heavy atom. The Labute approximate surface area is 113 Å². The molecular weight excluding hydrogens is 238 g/mol. The summed E-state index contributed by atoms with van der Waals surface area (Å²) in [4.78, 5) is 12.1. The number of benzene rings is 1. The predicted molar refractivity (Wildman–Crippen MR) is 75.0 cm³/mol. The number of hydrogen-bond donors (Lipinski definition) is 1. The number of carbonyl (C=O) groups is 1. The van der Waals surface area contributed by atoms with E-state index >= 15 is 0 Å². The fourth-order valence-corrected chi connectivity index (χ4v) is 2.16. The summed E-state index contributed by atoms with van der Waals surface area (Å²) in [6.07, 6.45) is 0. The van der Waals surface area contributed by atoms with Gasteiger partial charge in [0, 0.05) is 12.6 Å². The highest BCUT2D eigenvalue weighted by Crippen LogP contribution is 2.10. The van der Waals surface area contributed by atoms with Gasteiger partial charge in [0.05, 0.1) is 17.9 Å². The molecule has 2 aromatic rings. The molecule has 4 heteroatoms. The van der Waals surface area contributed by atoms with Crippen LogP contribution in [0, 0.1) is 20.8 Å². The molecule has 0 fully saturated rings. The second kappa shape index (κ2) is 5.26. The van der Waals surface area contributed by atoms with Crippen LogP contribution in [-0.2, 0) is 13.6 Å². The Morgan fingerprint density at radius 1 is 1.26 bits per heavy atom. The molecule has 4 nitrogen and oxygen atoms in total. The lowest BCUT2D eigenvalue weighted by Crippen LogP contribution is -2.24. The van der Waals surface area contributed by atoms with Crippen molar-refractivity contribution in [1.82, 2.24) is 15.1 Å². The molecule has 0 bridgehead atoms. The lowest BCUT2D eigenvalue weighted by molar-refractivity contribution is 0.0949. The maximum atomic E-state index is 12.1. The number of aryl methyl sites for hydroxylation is 4. The van der Waals surface area contributed by atoms with Gasteiger partial charge >= 0.3 is 0 Å². The monoisotopic (exact) mass is 257 g/mol. The maximum absolute atomic E-state index is 12.1. The van der Waals surface area contributed by atoms with Crippen molar-refractivity contribution in [2.75, 3.05) is 0 Å². The third-order valence-corrected chi connectivity index (χ3v) is 3.16. The molecule has 0 unspecified atom stereocenters. The first-order chi connectivity index (χ1) is 8.97. The van der Waals surface area contributed by atoms with E-state index in [1.807, 2.05) is 52.1 Å². The van der Waals surface area contributed by atoms with E-state index in [4.69, 9.17) is 0 Å². The molecule has 1 N–H and O–H groups in total. The minimum atomic E-state index is -0.0450. The average Bonchev–Trinajstić information content (AvgIpc) is 2.65. The van der Waals surface area contributed by atoms with E-state index in [0.717, 1.165) is 28.1 Å². The van der Waals surface area contributed by atoms with Crippen molar-refractivity contribution in [3.05, 3.63) is 52.3 Å². The van der Waals surface area contributed by atoms with Gasteiger partial charge in [-0.2, -0.15) is 5.10 Å². The Morgan fingerprint density at radius 2 is 2.00 bits per heavy atom. The summed E-state index contributed by atoms with van der Waals surface area (Å²) in [5.74, 6) is -0.0450. The molecule has 0 aliphatic heterocycles. The predicted octanol–water partition coefficient (Wildman–Crippen LogP) is 2.28. The highest BCUT2D eigenvalue weighted by atomic mass is 16.1. The van der Waals surface area contributed by atoms with E-state index in [9.17, 15) is 4.79 Å². The first kappa shape index (κ1) is 13.3. The summed E-state index contributed by atoms with van der Waals surface area (Å²) in [5.41, 5.74) is 4.84. The van der Waals surface area contributed by atoms with Crippen LogP contribution in [-0.4, -0.2) is 15.7 Å². The van der Waals surface area contributed by atoms with E-state index in [1.165, 1.54) is 0 Å². The minimum absolute atomic E-state index is 0.0450. The number of rotatable bonds is 3. The maximum Gasteiger partial charge on any atom is 0.251 e. The summed E-state index contributed by atoms with van der Waals surface area (Å²) in [6, 6.07) is 7.82. The lowest BCUT2D eigenvalue weighted by atomic mass is 10.1. The molecule has 1 heterocycles. The van der Waals surface area contributed by atoms with Gasteiger partial charge in [0.15, 0.2) is 0 Å². The number of hydrogen-bond acceptors (Lipinski definition) is 2. The number of aromatic nitrogens is 2. The summed E-state index contributed by atoms with van der Waals surface area (Å²) in [6.45, 7) is 6.40. The van der Waals surface area contributed by atoms with Crippen LogP contribution in [0.2, 0.25) is 0 Å². The largest absolute Gasteiger partial charge is 0.346 e. The molecule has 0 saturated carbocycles. The molecular formula is C15H19N3O. The van der Waals surface area contributed by atoms with Crippen LogP contribution in [0.4, 0.5) is 0 Å². The SMILES string of the molecule is Cc1ccc(C(=O)NCc2cc(C)nn2C)c(C)c1. The van der Waals surface area contributed by atoms with Gasteiger partial charge in [-0.05, 0) is 38.5 Å². The normalized spacial score (nSPS) is 10.5. The molecule has 1 aromatic carbocycles. The molecule has 0 aliphatic rings. The molecule has 0 saturated heterocycles.